The van der Waals surface area contributed by atoms with Gasteiger partial charge in [-0.2, -0.15) is 0 Å². The predicted octanol–water partition coefficient (Wildman–Crippen LogP) is 4.94. The van der Waals surface area contributed by atoms with Crippen molar-refractivity contribution in [3.8, 4) is 0 Å². The summed E-state index contributed by atoms with van der Waals surface area (Å²) in [4.78, 5) is 25.4. The molecule has 5 heteroatoms. The molecule has 0 aliphatic rings. The third-order valence-electron chi connectivity index (χ3n) is 4.41. The number of nitrogens with zero attached hydrogens (tertiary/aromatic N) is 1. The van der Waals surface area contributed by atoms with E-state index in [9.17, 15) is 9.59 Å². The van der Waals surface area contributed by atoms with E-state index in [1.54, 1.807) is 14.0 Å². The normalized spacial score (nSPS) is 11.7. The topological polar surface area (TPSA) is 55.8 Å². The summed E-state index contributed by atoms with van der Waals surface area (Å²) < 4.78 is 10.5. The zero-order valence-corrected chi connectivity index (χ0v) is 16.4. The number of carbonyl (C=O) groups is 2. The van der Waals surface area contributed by atoms with Crippen molar-refractivity contribution >= 4 is 12.1 Å². The molecule has 0 N–H and O–H groups in total. The second-order valence-electron chi connectivity index (χ2n) is 6.62. The van der Waals surface area contributed by atoms with Crippen molar-refractivity contribution in [1.29, 1.82) is 0 Å². The monoisotopic (exact) mass is 363 g/mol. The first-order chi connectivity index (χ1) is 12.6. The minimum absolute atomic E-state index is 0.184. The average molecular weight is 363 g/mol. The number of esters is 1. The van der Waals surface area contributed by atoms with Crippen molar-refractivity contribution in [3.63, 3.8) is 0 Å². The highest BCUT2D eigenvalue weighted by Crippen LogP contribution is 2.09. The lowest BCUT2D eigenvalue weighted by Gasteiger charge is -2.22. The van der Waals surface area contributed by atoms with Gasteiger partial charge in [0.05, 0.1) is 6.61 Å². The SMILES string of the molecule is CCCCCCCCCOC(=O)C(C)N(C)C(=O)OCc1ccccc1. The molecule has 0 aliphatic carbocycles. The number of unbranched alkanes of at least 4 members (excludes halogenated alkanes) is 6. The first-order valence-corrected chi connectivity index (χ1v) is 9.66. The third kappa shape index (κ3) is 8.88. The standard InChI is InChI=1S/C21H33NO4/c1-4-5-6-7-8-9-13-16-25-20(23)18(2)22(3)21(24)26-17-19-14-11-10-12-15-19/h10-12,14-15,18H,4-9,13,16-17H2,1-3H3. The van der Waals surface area contributed by atoms with Crippen LogP contribution in [0.1, 0.15) is 64.4 Å². The highest BCUT2D eigenvalue weighted by Gasteiger charge is 2.24. The summed E-state index contributed by atoms with van der Waals surface area (Å²) in [5.41, 5.74) is 0.906. The lowest BCUT2D eigenvalue weighted by molar-refractivity contribution is -0.148. The zero-order chi connectivity index (χ0) is 19.2. The molecule has 0 aromatic heterocycles. The van der Waals surface area contributed by atoms with Gasteiger partial charge in [-0.05, 0) is 18.9 Å². The molecule has 1 unspecified atom stereocenters. The van der Waals surface area contributed by atoms with Gasteiger partial charge < -0.3 is 9.47 Å². The summed E-state index contributed by atoms with van der Waals surface area (Å²) in [5.74, 6) is -0.393. The van der Waals surface area contributed by atoms with Crippen LogP contribution in [0.4, 0.5) is 4.79 Å². The molecule has 1 aromatic rings. The van der Waals surface area contributed by atoms with Crippen molar-refractivity contribution < 1.29 is 19.1 Å². The number of amides is 1. The van der Waals surface area contributed by atoms with Gasteiger partial charge in [0.2, 0.25) is 0 Å². The molecule has 1 rings (SSSR count). The van der Waals surface area contributed by atoms with Crippen LogP contribution in [-0.4, -0.2) is 36.7 Å². The first kappa shape index (κ1) is 22.0. The van der Waals surface area contributed by atoms with Crippen LogP contribution < -0.4 is 0 Å². The summed E-state index contributed by atoms with van der Waals surface area (Å²) in [6.07, 6.45) is 7.65. The number of ether oxygens (including phenoxy) is 2. The molecule has 0 bridgehead atoms. The Morgan fingerprint density at radius 2 is 1.58 bits per heavy atom. The van der Waals surface area contributed by atoms with Gasteiger partial charge in [-0.25, -0.2) is 9.59 Å². The maximum atomic E-state index is 12.1. The van der Waals surface area contributed by atoms with Crippen LogP contribution in [0.3, 0.4) is 0 Å². The zero-order valence-electron chi connectivity index (χ0n) is 16.4. The average Bonchev–Trinajstić information content (AvgIpc) is 2.67. The van der Waals surface area contributed by atoms with Crippen molar-refractivity contribution in [2.75, 3.05) is 13.7 Å². The number of hydrogen-bond donors (Lipinski definition) is 0. The number of benzene rings is 1. The van der Waals surface area contributed by atoms with Crippen molar-refractivity contribution in [2.24, 2.45) is 0 Å². The van der Waals surface area contributed by atoms with Crippen LogP contribution >= 0.6 is 0 Å². The highest BCUT2D eigenvalue weighted by molar-refractivity contribution is 5.80. The summed E-state index contributed by atoms with van der Waals surface area (Å²) in [6.45, 7) is 4.44. The van der Waals surface area contributed by atoms with E-state index in [0.29, 0.717) is 6.61 Å². The maximum absolute atomic E-state index is 12.1. The molecule has 0 aliphatic heterocycles. The smallest absolute Gasteiger partial charge is 0.410 e. The van der Waals surface area contributed by atoms with Gasteiger partial charge in [0.25, 0.3) is 0 Å². The van der Waals surface area contributed by atoms with Gasteiger partial charge in [0.1, 0.15) is 12.6 Å². The van der Waals surface area contributed by atoms with E-state index in [4.69, 9.17) is 9.47 Å². The Morgan fingerprint density at radius 1 is 0.962 bits per heavy atom. The van der Waals surface area contributed by atoms with Gasteiger partial charge >= 0.3 is 12.1 Å². The van der Waals surface area contributed by atoms with E-state index < -0.39 is 18.1 Å². The third-order valence-corrected chi connectivity index (χ3v) is 4.41. The second-order valence-corrected chi connectivity index (χ2v) is 6.62. The number of hydrogen-bond acceptors (Lipinski definition) is 4. The molecule has 0 fully saturated rings. The Labute approximate surface area is 157 Å². The Bertz CT molecular complexity index is 518. The van der Waals surface area contributed by atoms with Crippen LogP contribution in [0.2, 0.25) is 0 Å². The fourth-order valence-electron chi connectivity index (χ4n) is 2.49. The molecule has 1 atom stereocenters. The molecular formula is C21H33NO4. The minimum Gasteiger partial charge on any atom is -0.464 e. The highest BCUT2D eigenvalue weighted by atomic mass is 16.6. The van der Waals surface area contributed by atoms with E-state index in [0.717, 1.165) is 18.4 Å². The second kappa shape index (κ2) is 13.2. The maximum Gasteiger partial charge on any atom is 0.410 e. The quantitative estimate of drug-likeness (QED) is 0.390. The van der Waals surface area contributed by atoms with Crippen LogP contribution in [0.5, 0.6) is 0 Å². The Morgan fingerprint density at radius 3 is 2.23 bits per heavy atom. The van der Waals surface area contributed by atoms with Crippen LogP contribution in [-0.2, 0) is 20.9 Å². The lowest BCUT2D eigenvalue weighted by Crippen LogP contribution is -2.41. The van der Waals surface area contributed by atoms with Gasteiger partial charge in [-0.15, -0.1) is 0 Å². The summed E-state index contributed by atoms with van der Waals surface area (Å²) in [5, 5.41) is 0. The first-order valence-electron chi connectivity index (χ1n) is 9.66. The fraction of sp³-hybridized carbons (Fsp3) is 0.619. The minimum atomic E-state index is -0.664. The van der Waals surface area contributed by atoms with E-state index >= 15 is 0 Å². The van der Waals surface area contributed by atoms with Crippen molar-refractivity contribution in [3.05, 3.63) is 35.9 Å². The number of carbonyl (C=O) groups excluding carboxylic acids is 2. The number of likely N-dealkylation sites (N-methyl/N-ethyl adjacent to an activating group) is 1. The molecular weight excluding hydrogens is 330 g/mol. The molecule has 0 radical (unpaired) electrons. The summed E-state index contributed by atoms with van der Waals surface area (Å²) >= 11 is 0. The lowest BCUT2D eigenvalue weighted by atomic mass is 10.1. The molecule has 0 heterocycles. The largest absolute Gasteiger partial charge is 0.464 e. The van der Waals surface area contributed by atoms with E-state index in [1.807, 2.05) is 30.3 Å². The molecule has 0 saturated carbocycles. The molecule has 5 nitrogen and oxygen atoms in total. The Hall–Kier alpha value is -2.04. The molecule has 0 saturated heterocycles. The molecule has 1 aromatic carbocycles. The van der Waals surface area contributed by atoms with Gasteiger partial charge in [0.15, 0.2) is 0 Å². The Balaban J connectivity index is 2.19. The van der Waals surface area contributed by atoms with Crippen LogP contribution in [0.25, 0.3) is 0 Å². The molecule has 26 heavy (non-hydrogen) atoms. The molecule has 146 valence electrons. The van der Waals surface area contributed by atoms with E-state index in [1.165, 1.54) is 37.0 Å². The van der Waals surface area contributed by atoms with Gasteiger partial charge in [-0.1, -0.05) is 75.8 Å². The van der Waals surface area contributed by atoms with E-state index in [2.05, 4.69) is 6.92 Å². The fourth-order valence-corrected chi connectivity index (χ4v) is 2.49. The van der Waals surface area contributed by atoms with E-state index in [-0.39, 0.29) is 6.61 Å². The number of rotatable bonds is 12. The van der Waals surface area contributed by atoms with Crippen LogP contribution in [0, 0.1) is 0 Å². The van der Waals surface area contributed by atoms with Crippen molar-refractivity contribution in [1.82, 2.24) is 4.90 Å². The molecule has 1 amide bonds. The van der Waals surface area contributed by atoms with Gasteiger partial charge in [-0.3, -0.25) is 4.90 Å². The summed E-state index contributed by atoms with van der Waals surface area (Å²) in [6, 6.07) is 8.77. The Kier molecular flexibility index (Phi) is 11.2. The van der Waals surface area contributed by atoms with Gasteiger partial charge in [0, 0.05) is 7.05 Å². The predicted molar refractivity (Wildman–Crippen MR) is 103 cm³/mol. The van der Waals surface area contributed by atoms with Crippen LogP contribution in [0.15, 0.2) is 30.3 Å². The summed E-state index contributed by atoms with van der Waals surface area (Å²) in [7, 11) is 1.55. The molecule has 0 spiro atoms. The van der Waals surface area contributed by atoms with Crippen molar-refractivity contribution in [2.45, 2.75) is 71.4 Å².